The molecule has 1 N–H and O–H groups in total. The third kappa shape index (κ3) is 2.35. The Morgan fingerprint density at radius 3 is 2.58 bits per heavy atom. The Hall–Kier alpha value is -2.56. The number of nitrogens with zero attached hydrogens (tertiary/aromatic N) is 1. The predicted octanol–water partition coefficient (Wildman–Crippen LogP) is 1.71. The Labute approximate surface area is 108 Å². The zero-order valence-electron chi connectivity index (χ0n) is 10.2. The fourth-order valence-electron chi connectivity index (χ4n) is 1.86. The average Bonchev–Trinajstić information content (AvgIpc) is 2.44. The first kappa shape index (κ1) is 12.9. The van der Waals surface area contributed by atoms with Crippen molar-refractivity contribution >= 4 is 28.4 Å². The van der Waals surface area contributed by atoms with Crippen LogP contribution in [0.3, 0.4) is 0 Å². The van der Waals surface area contributed by atoms with Gasteiger partial charge in [-0.1, -0.05) is 18.2 Å². The summed E-state index contributed by atoms with van der Waals surface area (Å²) in [5.41, 5.74) is 0.941. The first-order valence-corrected chi connectivity index (χ1v) is 5.67. The molecule has 0 saturated carbocycles. The summed E-state index contributed by atoms with van der Waals surface area (Å²) in [5, 5.41) is 9.26. The molecular weight excluding hydrogens is 246 g/mol. The quantitative estimate of drug-likeness (QED) is 0.512. The van der Waals surface area contributed by atoms with Gasteiger partial charge in [-0.3, -0.25) is 14.6 Å². The number of rotatable bonds is 4. The topological polar surface area (TPSA) is 84.3 Å². The van der Waals surface area contributed by atoms with Gasteiger partial charge in [0.2, 0.25) is 5.78 Å². The maximum atomic E-state index is 12.2. The lowest BCUT2D eigenvalue weighted by Gasteiger charge is -2.09. The van der Waals surface area contributed by atoms with Crippen molar-refractivity contribution in [3.63, 3.8) is 0 Å². The Morgan fingerprint density at radius 2 is 1.89 bits per heavy atom. The number of carbonyl (C=O) groups excluding carboxylic acids is 2. The van der Waals surface area contributed by atoms with Crippen LogP contribution in [0.5, 0.6) is 0 Å². The Kier molecular flexibility index (Phi) is 3.37. The van der Waals surface area contributed by atoms with Crippen LogP contribution in [-0.2, 0) is 9.59 Å². The summed E-state index contributed by atoms with van der Waals surface area (Å²) in [5.74, 6) is -4.42. The molecule has 19 heavy (non-hydrogen) atoms. The minimum absolute atomic E-state index is 0.313. The molecule has 1 heterocycles. The van der Waals surface area contributed by atoms with Gasteiger partial charge in [0.15, 0.2) is 5.78 Å². The van der Waals surface area contributed by atoms with Crippen molar-refractivity contribution in [3.05, 3.63) is 42.1 Å². The van der Waals surface area contributed by atoms with Crippen LogP contribution in [0.4, 0.5) is 0 Å². The SMILES string of the molecule is CC(C(=O)C(=O)O)C(=O)c1cccc2ncccc12. The lowest BCUT2D eigenvalue weighted by molar-refractivity contribution is -0.150. The van der Waals surface area contributed by atoms with E-state index in [9.17, 15) is 14.4 Å². The molecule has 0 radical (unpaired) electrons. The third-order valence-corrected chi connectivity index (χ3v) is 2.91. The van der Waals surface area contributed by atoms with Crippen molar-refractivity contribution in [1.29, 1.82) is 0 Å². The fraction of sp³-hybridized carbons (Fsp3) is 0.143. The molecule has 1 unspecified atom stereocenters. The van der Waals surface area contributed by atoms with Gasteiger partial charge in [-0.15, -0.1) is 0 Å². The molecule has 0 bridgehead atoms. The largest absolute Gasteiger partial charge is 0.475 e. The van der Waals surface area contributed by atoms with Gasteiger partial charge >= 0.3 is 5.97 Å². The van der Waals surface area contributed by atoms with Crippen molar-refractivity contribution in [3.8, 4) is 0 Å². The number of Topliss-reactive ketones (excluding diaryl/α,β-unsaturated/α-hetero) is 2. The number of aromatic nitrogens is 1. The summed E-state index contributed by atoms with van der Waals surface area (Å²) in [6, 6.07) is 8.37. The van der Waals surface area contributed by atoms with E-state index in [2.05, 4.69) is 4.98 Å². The normalized spacial score (nSPS) is 12.1. The molecule has 96 valence electrons. The number of hydrogen-bond donors (Lipinski definition) is 1. The van der Waals surface area contributed by atoms with Crippen molar-refractivity contribution in [2.45, 2.75) is 6.92 Å². The zero-order chi connectivity index (χ0) is 14.0. The second kappa shape index (κ2) is 4.97. The smallest absolute Gasteiger partial charge is 0.372 e. The van der Waals surface area contributed by atoms with E-state index in [1.165, 1.54) is 6.92 Å². The van der Waals surface area contributed by atoms with E-state index in [-0.39, 0.29) is 0 Å². The molecule has 5 heteroatoms. The van der Waals surface area contributed by atoms with Crippen LogP contribution < -0.4 is 0 Å². The van der Waals surface area contributed by atoms with Crippen LogP contribution in [-0.4, -0.2) is 27.6 Å². The van der Waals surface area contributed by atoms with Crippen molar-refractivity contribution in [1.82, 2.24) is 4.98 Å². The Bertz CT molecular complexity index is 673. The molecule has 0 spiro atoms. The first-order valence-electron chi connectivity index (χ1n) is 5.67. The maximum Gasteiger partial charge on any atom is 0.372 e. The van der Waals surface area contributed by atoms with E-state index in [1.54, 1.807) is 36.5 Å². The highest BCUT2D eigenvalue weighted by atomic mass is 16.4. The lowest BCUT2D eigenvalue weighted by Crippen LogP contribution is -2.27. The number of pyridine rings is 1. The number of carboxylic acid groups (broad SMARTS) is 1. The van der Waals surface area contributed by atoms with E-state index in [1.807, 2.05) is 0 Å². The molecular formula is C14H11NO4. The number of aliphatic carboxylic acids is 1. The monoisotopic (exact) mass is 257 g/mol. The van der Waals surface area contributed by atoms with E-state index >= 15 is 0 Å². The highest BCUT2D eigenvalue weighted by molar-refractivity contribution is 6.39. The summed E-state index contributed by atoms with van der Waals surface area (Å²) in [6.07, 6.45) is 1.60. The van der Waals surface area contributed by atoms with E-state index < -0.39 is 23.5 Å². The Balaban J connectivity index is 2.47. The van der Waals surface area contributed by atoms with E-state index in [0.717, 1.165) is 0 Å². The van der Waals surface area contributed by atoms with Crippen LogP contribution in [0.2, 0.25) is 0 Å². The summed E-state index contributed by atoms with van der Waals surface area (Å²) < 4.78 is 0. The summed E-state index contributed by atoms with van der Waals surface area (Å²) in [7, 11) is 0. The summed E-state index contributed by atoms with van der Waals surface area (Å²) >= 11 is 0. The predicted molar refractivity (Wildman–Crippen MR) is 67.9 cm³/mol. The number of hydrogen-bond acceptors (Lipinski definition) is 4. The zero-order valence-corrected chi connectivity index (χ0v) is 10.2. The molecule has 2 aromatic rings. The van der Waals surface area contributed by atoms with E-state index in [0.29, 0.717) is 16.5 Å². The molecule has 0 aliphatic rings. The second-order valence-electron chi connectivity index (χ2n) is 4.13. The molecule has 1 aromatic heterocycles. The summed E-state index contributed by atoms with van der Waals surface area (Å²) in [4.78, 5) is 38.3. The molecule has 1 atom stereocenters. The molecule has 0 amide bonds. The molecule has 0 saturated heterocycles. The molecule has 0 fully saturated rings. The van der Waals surface area contributed by atoms with Crippen LogP contribution in [0.25, 0.3) is 10.9 Å². The standard InChI is InChI=1S/C14H11NO4/c1-8(13(17)14(18)19)12(16)10-4-2-6-11-9(10)5-3-7-15-11/h2-8H,1H3,(H,18,19). The maximum absolute atomic E-state index is 12.2. The number of ketones is 2. The molecule has 5 nitrogen and oxygen atoms in total. The van der Waals surface area contributed by atoms with Crippen LogP contribution in [0, 0.1) is 5.92 Å². The van der Waals surface area contributed by atoms with Gasteiger partial charge in [0.05, 0.1) is 11.4 Å². The Morgan fingerprint density at radius 1 is 1.16 bits per heavy atom. The number of carboxylic acids is 1. The average molecular weight is 257 g/mol. The van der Waals surface area contributed by atoms with Crippen molar-refractivity contribution < 1.29 is 19.5 Å². The minimum Gasteiger partial charge on any atom is -0.475 e. The third-order valence-electron chi connectivity index (χ3n) is 2.91. The van der Waals surface area contributed by atoms with Crippen LogP contribution >= 0.6 is 0 Å². The van der Waals surface area contributed by atoms with Gasteiger partial charge < -0.3 is 5.11 Å². The van der Waals surface area contributed by atoms with Crippen molar-refractivity contribution in [2.24, 2.45) is 5.92 Å². The highest BCUT2D eigenvalue weighted by Crippen LogP contribution is 2.20. The number of carbonyl (C=O) groups is 3. The van der Waals surface area contributed by atoms with Gasteiger partial charge in [-0.25, -0.2) is 4.79 Å². The fourth-order valence-corrected chi connectivity index (χ4v) is 1.86. The second-order valence-corrected chi connectivity index (χ2v) is 4.13. The van der Waals surface area contributed by atoms with Crippen molar-refractivity contribution in [2.75, 3.05) is 0 Å². The molecule has 1 aromatic carbocycles. The molecule has 2 rings (SSSR count). The van der Waals surface area contributed by atoms with Gasteiger partial charge in [0.1, 0.15) is 0 Å². The highest BCUT2D eigenvalue weighted by Gasteiger charge is 2.28. The van der Waals surface area contributed by atoms with Gasteiger partial charge in [-0.2, -0.15) is 0 Å². The summed E-state index contributed by atoms with van der Waals surface area (Å²) in [6.45, 7) is 1.30. The number of benzene rings is 1. The van der Waals surface area contributed by atoms with E-state index in [4.69, 9.17) is 5.11 Å². The molecule has 0 aliphatic carbocycles. The van der Waals surface area contributed by atoms with Gasteiger partial charge in [0, 0.05) is 17.1 Å². The van der Waals surface area contributed by atoms with Gasteiger partial charge in [-0.05, 0) is 19.1 Å². The lowest BCUT2D eigenvalue weighted by atomic mass is 9.93. The van der Waals surface area contributed by atoms with Crippen LogP contribution in [0.1, 0.15) is 17.3 Å². The van der Waals surface area contributed by atoms with Gasteiger partial charge in [0.25, 0.3) is 0 Å². The molecule has 0 aliphatic heterocycles. The number of fused-ring (bicyclic) bond motifs is 1. The van der Waals surface area contributed by atoms with Crippen LogP contribution in [0.15, 0.2) is 36.5 Å². The minimum atomic E-state index is -1.60. The first-order chi connectivity index (χ1) is 9.02.